The highest BCUT2D eigenvalue weighted by atomic mass is 16.1. The van der Waals surface area contributed by atoms with E-state index in [4.69, 9.17) is 11.0 Å². The van der Waals surface area contributed by atoms with Gasteiger partial charge in [0.25, 0.3) is 5.91 Å². The minimum atomic E-state index is -0.473. The van der Waals surface area contributed by atoms with Crippen LogP contribution < -0.4 is 10.6 Å². The van der Waals surface area contributed by atoms with Gasteiger partial charge in [-0.2, -0.15) is 5.26 Å². The monoisotopic (exact) mass is 215 g/mol. The predicted molar refractivity (Wildman–Crippen MR) is 61.1 cm³/mol. The number of hydrogen-bond acceptors (Lipinski definition) is 3. The zero-order valence-electron chi connectivity index (χ0n) is 8.94. The summed E-state index contributed by atoms with van der Waals surface area (Å²) in [4.78, 5) is 13.5. The molecule has 1 amide bonds. The van der Waals surface area contributed by atoms with Gasteiger partial charge in [-0.15, -0.1) is 0 Å². The van der Waals surface area contributed by atoms with E-state index in [1.54, 1.807) is 12.1 Å². The second-order valence-electron chi connectivity index (χ2n) is 3.90. The van der Waals surface area contributed by atoms with Gasteiger partial charge in [0.05, 0.1) is 17.2 Å². The summed E-state index contributed by atoms with van der Waals surface area (Å²) in [5.74, 6) is -0.473. The Hall–Kier alpha value is -2.02. The number of carbonyl (C=O) groups excluding carboxylic acids is 1. The molecule has 1 aliphatic rings. The van der Waals surface area contributed by atoms with Crippen LogP contribution in [0.25, 0.3) is 0 Å². The number of carbonyl (C=O) groups is 1. The van der Waals surface area contributed by atoms with Crippen molar-refractivity contribution < 1.29 is 4.79 Å². The molecule has 2 rings (SSSR count). The van der Waals surface area contributed by atoms with Crippen LogP contribution in [0, 0.1) is 11.3 Å². The van der Waals surface area contributed by atoms with Crippen molar-refractivity contribution in [1.82, 2.24) is 0 Å². The van der Waals surface area contributed by atoms with Gasteiger partial charge in [0.2, 0.25) is 0 Å². The van der Waals surface area contributed by atoms with Gasteiger partial charge in [0.1, 0.15) is 0 Å². The fraction of sp³-hybridized carbons (Fsp3) is 0.333. The molecule has 82 valence electrons. The van der Waals surface area contributed by atoms with E-state index in [-0.39, 0.29) is 0 Å². The lowest BCUT2D eigenvalue weighted by Gasteiger charge is -2.20. The van der Waals surface area contributed by atoms with Gasteiger partial charge in [-0.05, 0) is 31.0 Å². The molecule has 0 radical (unpaired) electrons. The first-order chi connectivity index (χ1) is 7.72. The lowest BCUT2D eigenvalue weighted by Crippen LogP contribution is -2.23. The molecular weight excluding hydrogens is 202 g/mol. The Morgan fingerprint density at radius 1 is 1.38 bits per heavy atom. The van der Waals surface area contributed by atoms with Crippen molar-refractivity contribution in [2.75, 3.05) is 18.0 Å². The quantitative estimate of drug-likeness (QED) is 0.807. The predicted octanol–water partition coefficient (Wildman–Crippen LogP) is 1.26. The lowest BCUT2D eigenvalue weighted by atomic mass is 10.1. The number of amides is 1. The Balaban J connectivity index is 2.44. The van der Waals surface area contributed by atoms with Crippen molar-refractivity contribution in [2.24, 2.45) is 5.73 Å². The minimum absolute atomic E-state index is 0.445. The van der Waals surface area contributed by atoms with E-state index in [1.807, 2.05) is 12.1 Å². The van der Waals surface area contributed by atoms with Crippen LogP contribution in [-0.4, -0.2) is 19.0 Å². The maximum absolute atomic E-state index is 11.3. The molecule has 0 unspecified atom stereocenters. The first kappa shape index (κ1) is 10.5. The number of benzene rings is 1. The Bertz CT molecular complexity index is 456. The molecule has 1 aromatic carbocycles. The average molecular weight is 215 g/mol. The summed E-state index contributed by atoms with van der Waals surface area (Å²) in [7, 11) is 0. The van der Waals surface area contributed by atoms with E-state index < -0.39 is 5.91 Å². The van der Waals surface area contributed by atoms with Crippen LogP contribution in [0.1, 0.15) is 28.8 Å². The largest absolute Gasteiger partial charge is 0.371 e. The van der Waals surface area contributed by atoms with E-state index in [0.717, 1.165) is 31.6 Å². The molecule has 4 nitrogen and oxygen atoms in total. The normalized spacial score (nSPS) is 14.8. The summed E-state index contributed by atoms with van der Waals surface area (Å²) in [6.45, 7) is 1.90. The van der Waals surface area contributed by atoms with Crippen LogP contribution in [0.3, 0.4) is 0 Å². The van der Waals surface area contributed by atoms with E-state index >= 15 is 0 Å². The van der Waals surface area contributed by atoms with E-state index in [0.29, 0.717) is 11.1 Å². The first-order valence-electron chi connectivity index (χ1n) is 5.31. The van der Waals surface area contributed by atoms with E-state index in [2.05, 4.69) is 4.90 Å². The SMILES string of the molecule is N#Cc1ccc(N2CCCC2)c(C(N)=O)c1. The maximum Gasteiger partial charge on any atom is 0.250 e. The zero-order valence-corrected chi connectivity index (χ0v) is 8.94. The van der Waals surface area contributed by atoms with Crippen molar-refractivity contribution in [3.63, 3.8) is 0 Å². The summed E-state index contributed by atoms with van der Waals surface area (Å²) in [6.07, 6.45) is 2.27. The summed E-state index contributed by atoms with van der Waals surface area (Å²) in [5, 5.41) is 8.78. The fourth-order valence-corrected chi connectivity index (χ4v) is 2.04. The molecule has 0 atom stereocenters. The molecule has 0 saturated carbocycles. The molecule has 0 spiro atoms. The third kappa shape index (κ3) is 1.84. The topological polar surface area (TPSA) is 70.1 Å². The van der Waals surface area contributed by atoms with Gasteiger partial charge in [-0.25, -0.2) is 0 Å². The number of anilines is 1. The van der Waals surface area contributed by atoms with Crippen LogP contribution >= 0.6 is 0 Å². The Morgan fingerprint density at radius 2 is 2.06 bits per heavy atom. The molecular formula is C12H13N3O. The molecule has 4 heteroatoms. The van der Waals surface area contributed by atoms with Crippen molar-refractivity contribution >= 4 is 11.6 Å². The molecule has 1 aliphatic heterocycles. The first-order valence-corrected chi connectivity index (χ1v) is 5.31. The number of rotatable bonds is 2. The van der Waals surface area contributed by atoms with E-state index in [1.165, 1.54) is 0 Å². The summed E-state index contributed by atoms with van der Waals surface area (Å²) < 4.78 is 0. The van der Waals surface area contributed by atoms with Gasteiger partial charge in [-0.1, -0.05) is 0 Å². The highest BCUT2D eigenvalue weighted by Crippen LogP contribution is 2.25. The average Bonchev–Trinajstić information content (AvgIpc) is 2.81. The molecule has 16 heavy (non-hydrogen) atoms. The van der Waals surface area contributed by atoms with Crippen molar-refractivity contribution in [3.05, 3.63) is 29.3 Å². The number of nitrogens with two attached hydrogens (primary N) is 1. The fourth-order valence-electron chi connectivity index (χ4n) is 2.04. The Kier molecular flexibility index (Phi) is 2.78. The minimum Gasteiger partial charge on any atom is -0.371 e. The highest BCUT2D eigenvalue weighted by Gasteiger charge is 2.18. The third-order valence-corrected chi connectivity index (χ3v) is 2.84. The summed E-state index contributed by atoms with van der Waals surface area (Å²) in [5.41, 5.74) is 7.10. The molecule has 0 aromatic heterocycles. The smallest absolute Gasteiger partial charge is 0.250 e. The highest BCUT2D eigenvalue weighted by molar-refractivity contribution is 5.99. The molecule has 0 aliphatic carbocycles. The zero-order chi connectivity index (χ0) is 11.5. The molecule has 1 aromatic rings. The van der Waals surface area contributed by atoms with Crippen LogP contribution in [0.15, 0.2) is 18.2 Å². The number of primary amides is 1. The molecule has 0 bridgehead atoms. The second-order valence-corrected chi connectivity index (χ2v) is 3.90. The number of nitrogens with zero attached hydrogens (tertiary/aromatic N) is 2. The van der Waals surface area contributed by atoms with Crippen molar-refractivity contribution in [3.8, 4) is 6.07 Å². The summed E-state index contributed by atoms with van der Waals surface area (Å²) >= 11 is 0. The van der Waals surface area contributed by atoms with Crippen molar-refractivity contribution in [2.45, 2.75) is 12.8 Å². The van der Waals surface area contributed by atoms with Crippen LogP contribution in [0.4, 0.5) is 5.69 Å². The van der Waals surface area contributed by atoms with Gasteiger partial charge in [0.15, 0.2) is 0 Å². The van der Waals surface area contributed by atoms with Gasteiger partial charge >= 0.3 is 0 Å². The molecule has 2 N–H and O–H groups in total. The van der Waals surface area contributed by atoms with E-state index in [9.17, 15) is 4.79 Å². The summed E-state index contributed by atoms with van der Waals surface area (Å²) in [6, 6.07) is 7.11. The van der Waals surface area contributed by atoms with Gasteiger partial charge in [0, 0.05) is 18.8 Å². The van der Waals surface area contributed by atoms with Crippen LogP contribution in [0.5, 0.6) is 0 Å². The number of hydrogen-bond donors (Lipinski definition) is 1. The maximum atomic E-state index is 11.3. The van der Waals surface area contributed by atoms with Crippen molar-refractivity contribution in [1.29, 1.82) is 5.26 Å². The third-order valence-electron chi connectivity index (χ3n) is 2.84. The van der Waals surface area contributed by atoms with Gasteiger partial charge < -0.3 is 10.6 Å². The Morgan fingerprint density at radius 3 is 2.62 bits per heavy atom. The molecule has 1 saturated heterocycles. The van der Waals surface area contributed by atoms with Gasteiger partial charge in [-0.3, -0.25) is 4.79 Å². The standard InChI is InChI=1S/C12H13N3O/c13-8-9-3-4-11(10(7-9)12(14)16)15-5-1-2-6-15/h3-4,7H,1-2,5-6H2,(H2,14,16). The molecule has 1 fully saturated rings. The second kappa shape index (κ2) is 4.23. The lowest BCUT2D eigenvalue weighted by molar-refractivity contribution is 0.100. The van der Waals surface area contributed by atoms with Crippen LogP contribution in [-0.2, 0) is 0 Å². The number of nitriles is 1. The van der Waals surface area contributed by atoms with Crippen LogP contribution in [0.2, 0.25) is 0 Å². The molecule has 1 heterocycles. The Labute approximate surface area is 94.3 Å².